The van der Waals surface area contributed by atoms with Crippen molar-refractivity contribution in [2.75, 3.05) is 13.2 Å². The largest absolute Gasteiger partial charge is 0.462 e. The maximum Gasteiger partial charge on any atom is 0.306 e. The third-order valence-electron chi connectivity index (χ3n) is 10.7. The van der Waals surface area contributed by atoms with Crippen molar-refractivity contribution in [3.8, 4) is 0 Å². The Labute approximate surface area is 319 Å². The van der Waals surface area contributed by atoms with Gasteiger partial charge < -0.3 is 14.6 Å². The summed E-state index contributed by atoms with van der Waals surface area (Å²) in [6.07, 6.45) is 49.0. The van der Waals surface area contributed by atoms with Gasteiger partial charge in [-0.05, 0) is 12.8 Å². The summed E-state index contributed by atoms with van der Waals surface area (Å²) in [6.45, 7) is 4.19. The normalized spacial score (nSPS) is 12.0. The highest BCUT2D eigenvalue weighted by Crippen LogP contribution is 2.17. The first-order chi connectivity index (χ1) is 25.1. The summed E-state index contributed by atoms with van der Waals surface area (Å²) in [5.74, 6) is -0.570. The average Bonchev–Trinajstić information content (AvgIpc) is 3.13. The number of esters is 2. The van der Waals surface area contributed by atoms with E-state index in [0.29, 0.717) is 12.8 Å². The lowest BCUT2D eigenvalue weighted by Crippen LogP contribution is -2.28. The number of unbranched alkanes of at least 4 members (excludes halogenated alkanes) is 35. The van der Waals surface area contributed by atoms with Crippen molar-refractivity contribution in [3.05, 3.63) is 0 Å². The molecule has 0 bridgehead atoms. The molecule has 0 aromatic rings. The third kappa shape index (κ3) is 41.5. The summed E-state index contributed by atoms with van der Waals surface area (Å²) in [4.78, 5) is 24.3. The van der Waals surface area contributed by atoms with E-state index < -0.39 is 6.10 Å². The van der Waals surface area contributed by atoms with E-state index in [1.807, 2.05) is 0 Å². The second-order valence-electron chi connectivity index (χ2n) is 15.9. The van der Waals surface area contributed by atoms with Gasteiger partial charge in [0.1, 0.15) is 6.61 Å². The molecule has 0 aliphatic heterocycles. The number of ether oxygens (including phenoxy) is 2. The molecule has 0 spiro atoms. The Morgan fingerprint density at radius 3 is 0.863 bits per heavy atom. The minimum atomic E-state index is -0.762. The van der Waals surface area contributed by atoms with Crippen molar-refractivity contribution < 1.29 is 24.2 Å². The fourth-order valence-corrected chi connectivity index (χ4v) is 7.15. The molecular weight excluding hydrogens is 633 g/mol. The van der Waals surface area contributed by atoms with Crippen LogP contribution in [-0.2, 0) is 19.1 Å². The monoisotopic (exact) mass is 723 g/mol. The minimum Gasteiger partial charge on any atom is -0.462 e. The molecule has 1 atom stereocenters. The molecule has 0 amide bonds. The molecular formula is C46H90O5. The molecule has 304 valence electrons. The molecule has 0 aliphatic rings. The maximum atomic E-state index is 12.2. The van der Waals surface area contributed by atoms with Crippen molar-refractivity contribution in [1.29, 1.82) is 0 Å². The Morgan fingerprint density at radius 1 is 0.373 bits per heavy atom. The van der Waals surface area contributed by atoms with E-state index in [-0.39, 0.29) is 25.2 Å². The van der Waals surface area contributed by atoms with Crippen molar-refractivity contribution in [2.45, 2.75) is 270 Å². The summed E-state index contributed by atoms with van der Waals surface area (Å²) in [5, 5.41) is 9.59. The van der Waals surface area contributed by atoms with Gasteiger partial charge >= 0.3 is 11.9 Å². The summed E-state index contributed by atoms with van der Waals surface area (Å²) >= 11 is 0. The highest BCUT2D eigenvalue weighted by atomic mass is 16.6. The zero-order chi connectivity index (χ0) is 37.1. The van der Waals surface area contributed by atoms with E-state index >= 15 is 0 Å². The van der Waals surface area contributed by atoms with E-state index in [9.17, 15) is 14.7 Å². The standard InChI is InChI=1S/C46H90O5/c1-3-5-7-9-11-13-15-17-19-21-22-23-24-25-27-28-30-32-34-36-38-40-45(48)50-43-44(42-47)51-46(49)41-39-37-35-33-31-29-26-20-18-16-14-12-10-8-6-4-2/h44,47H,3-43H2,1-2H3/t44-/m0/s1. The predicted octanol–water partition coefficient (Wildman–Crippen LogP) is 14.7. The maximum absolute atomic E-state index is 12.2. The van der Waals surface area contributed by atoms with Gasteiger partial charge in [0.25, 0.3) is 0 Å². The van der Waals surface area contributed by atoms with Crippen LogP contribution >= 0.6 is 0 Å². The van der Waals surface area contributed by atoms with Crippen LogP contribution in [-0.4, -0.2) is 36.4 Å². The molecule has 5 heteroatoms. The Bertz CT molecular complexity index is 695. The van der Waals surface area contributed by atoms with Gasteiger partial charge in [-0.25, -0.2) is 0 Å². The zero-order valence-corrected chi connectivity index (χ0v) is 34.6. The number of hydrogen-bond acceptors (Lipinski definition) is 5. The van der Waals surface area contributed by atoms with Crippen LogP contribution in [0.15, 0.2) is 0 Å². The molecule has 1 N–H and O–H groups in total. The van der Waals surface area contributed by atoms with E-state index in [0.717, 1.165) is 32.1 Å². The number of carbonyl (C=O) groups is 2. The van der Waals surface area contributed by atoms with Gasteiger partial charge in [0, 0.05) is 12.8 Å². The van der Waals surface area contributed by atoms with Gasteiger partial charge in [-0.1, -0.05) is 239 Å². The van der Waals surface area contributed by atoms with E-state index in [1.165, 1.54) is 205 Å². The predicted molar refractivity (Wildman–Crippen MR) is 219 cm³/mol. The highest BCUT2D eigenvalue weighted by Gasteiger charge is 2.16. The quantitative estimate of drug-likeness (QED) is 0.0501. The summed E-state index contributed by atoms with van der Waals surface area (Å²) in [6, 6.07) is 0. The molecule has 0 saturated heterocycles. The Hall–Kier alpha value is -1.10. The number of aliphatic hydroxyl groups is 1. The molecule has 0 aromatic heterocycles. The number of carbonyl (C=O) groups excluding carboxylic acids is 2. The zero-order valence-electron chi connectivity index (χ0n) is 34.6. The fourth-order valence-electron chi connectivity index (χ4n) is 7.15. The second kappa shape index (κ2) is 43.3. The smallest absolute Gasteiger partial charge is 0.306 e. The number of rotatable bonds is 43. The first kappa shape index (κ1) is 49.9. The Morgan fingerprint density at radius 2 is 0.608 bits per heavy atom. The molecule has 0 saturated carbocycles. The first-order valence-electron chi connectivity index (χ1n) is 23.1. The molecule has 0 rings (SSSR count). The Balaban J connectivity index is 3.44. The van der Waals surface area contributed by atoms with Crippen LogP contribution in [0, 0.1) is 0 Å². The highest BCUT2D eigenvalue weighted by molar-refractivity contribution is 5.70. The third-order valence-corrected chi connectivity index (χ3v) is 10.7. The average molecular weight is 723 g/mol. The van der Waals surface area contributed by atoms with E-state index in [1.54, 1.807) is 0 Å². The Kier molecular flexibility index (Phi) is 42.4. The van der Waals surface area contributed by atoms with Gasteiger partial charge in [0.15, 0.2) is 6.10 Å². The van der Waals surface area contributed by atoms with Gasteiger partial charge in [0.05, 0.1) is 6.61 Å². The van der Waals surface area contributed by atoms with Crippen LogP contribution in [0.5, 0.6) is 0 Å². The second-order valence-corrected chi connectivity index (χ2v) is 15.9. The van der Waals surface area contributed by atoms with Crippen LogP contribution in [0.3, 0.4) is 0 Å². The van der Waals surface area contributed by atoms with Gasteiger partial charge in [-0.3, -0.25) is 9.59 Å². The van der Waals surface area contributed by atoms with Gasteiger partial charge in [-0.2, -0.15) is 0 Å². The fraction of sp³-hybridized carbons (Fsp3) is 0.957. The molecule has 51 heavy (non-hydrogen) atoms. The van der Waals surface area contributed by atoms with Crippen LogP contribution in [0.2, 0.25) is 0 Å². The van der Waals surface area contributed by atoms with Crippen molar-refractivity contribution in [1.82, 2.24) is 0 Å². The molecule has 5 nitrogen and oxygen atoms in total. The topological polar surface area (TPSA) is 72.8 Å². The lowest BCUT2D eigenvalue weighted by Gasteiger charge is -2.15. The first-order valence-corrected chi connectivity index (χ1v) is 23.1. The molecule has 0 radical (unpaired) electrons. The van der Waals surface area contributed by atoms with Crippen LogP contribution in [0.4, 0.5) is 0 Å². The number of aliphatic hydroxyl groups excluding tert-OH is 1. The number of hydrogen-bond donors (Lipinski definition) is 1. The summed E-state index contributed by atoms with van der Waals surface area (Å²) in [5.41, 5.74) is 0. The molecule has 0 heterocycles. The molecule has 0 aliphatic carbocycles. The lowest BCUT2D eigenvalue weighted by molar-refractivity contribution is -0.161. The molecule has 0 unspecified atom stereocenters. The van der Waals surface area contributed by atoms with Gasteiger partial charge in [0.2, 0.25) is 0 Å². The van der Waals surface area contributed by atoms with Crippen LogP contribution in [0.25, 0.3) is 0 Å². The minimum absolute atomic E-state index is 0.0563. The van der Waals surface area contributed by atoms with Crippen LogP contribution in [0.1, 0.15) is 264 Å². The van der Waals surface area contributed by atoms with E-state index in [2.05, 4.69) is 13.8 Å². The van der Waals surface area contributed by atoms with Crippen LogP contribution < -0.4 is 0 Å². The summed E-state index contributed by atoms with van der Waals surface area (Å²) in [7, 11) is 0. The lowest BCUT2D eigenvalue weighted by atomic mass is 10.0. The van der Waals surface area contributed by atoms with E-state index in [4.69, 9.17) is 9.47 Å². The van der Waals surface area contributed by atoms with Crippen molar-refractivity contribution in [3.63, 3.8) is 0 Å². The molecule has 0 fully saturated rings. The molecule has 0 aromatic carbocycles. The SMILES string of the molecule is CCCCCCCCCCCCCCCCCCCCCCCC(=O)OC[C@H](CO)OC(=O)CCCCCCCCCCCCCCCCCC. The van der Waals surface area contributed by atoms with Crippen molar-refractivity contribution in [2.24, 2.45) is 0 Å². The van der Waals surface area contributed by atoms with Gasteiger partial charge in [-0.15, -0.1) is 0 Å². The van der Waals surface area contributed by atoms with Crippen molar-refractivity contribution >= 4 is 11.9 Å². The summed E-state index contributed by atoms with van der Waals surface area (Å²) < 4.78 is 10.7.